The third-order valence-corrected chi connectivity index (χ3v) is 3.18. The number of aryl methyl sites for hydroxylation is 2. The van der Waals surface area contributed by atoms with Gasteiger partial charge < -0.3 is 10.6 Å². The minimum Gasteiger partial charge on any atom is -0.352 e. The molecule has 0 aliphatic heterocycles. The Morgan fingerprint density at radius 1 is 1.25 bits per heavy atom. The molecule has 1 aromatic heterocycles. The van der Waals surface area contributed by atoms with Crippen molar-refractivity contribution in [2.75, 3.05) is 7.05 Å². The van der Waals surface area contributed by atoms with Gasteiger partial charge in [-0.05, 0) is 33.6 Å². The van der Waals surface area contributed by atoms with Gasteiger partial charge in [-0.1, -0.05) is 13.8 Å². The summed E-state index contributed by atoms with van der Waals surface area (Å²) in [6.45, 7) is 11.4. The van der Waals surface area contributed by atoms with E-state index in [-0.39, 0.29) is 5.54 Å². The Morgan fingerprint density at radius 2 is 1.90 bits per heavy atom. The summed E-state index contributed by atoms with van der Waals surface area (Å²) < 4.78 is 2.00. The Balaban J connectivity index is 2.83. The molecule has 1 rings (SSSR count). The van der Waals surface area contributed by atoms with Crippen molar-refractivity contribution in [3.05, 3.63) is 17.0 Å². The van der Waals surface area contributed by atoms with E-state index < -0.39 is 0 Å². The quantitative estimate of drug-likeness (QED) is 0.655. The van der Waals surface area contributed by atoms with Crippen molar-refractivity contribution >= 4 is 5.96 Å². The lowest BCUT2D eigenvalue weighted by Gasteiger charge is -2.23. The number of nitrogens with one attached hydrogen (secondary N) is 2. The Morgan fingerprint density at radius 3 is 2.35 bits per heavy atom. The van der Waals surface area contributed by atoms with E-state index in [9.17, 15) is 0 Å². The fourth-order valence-electron chi connectivity index (χ4n) is 2.30. The normalized spacial score (nSPS) is 12.7. The molecule has 0 aliphatic rings. The zero-order valence-corrected chi connectivity index (χ0v) is 14.0. The van der Waals surface area contributed by atoms with Gasteiger partial charge in [0.25, 0.3) is 0 Å². The van der Waals surface area contributed by atoms with Crippen LogP contribution < -0.4 is 10.6 Å². The van der Waals surface area contributed by atoms with Crippen molar-refractivity contribution < 1.29 is 0 Å². The summed E-state index contributed by atoms with van der Waals surface area (Å²) in [7, 11) is 3.81. The molecular formula is C15H29N5. The van der Waals surface area contributed by atoms with E-state index in [4.69, 9.17) is 0 Å². The van der Waals surface area contributed by atoms with Gasteiger partial charge in [-0.25, -0.2) is 0 Å². The van der Waals surface area contributed by atoms with Crippen molar-refractivity contribution in [1.29, 1.82) is 0 Å². The maximum absolute atomic E-state index is 4.59. The van der Waals surface area contributed by atoms with Crippen LogP contribution in [0.15, 0.2) is 4.99 Å². The third kappa shape index (κ3) is 4.25. The minimum absolute atomic E-state index is 0.00203. The van der Waals surface area contributed by atoms with Crippen LogP contribution in [-0.2, 0) is 26.4 Å². The number of guanidine groups is 1. The summed E-state index contributed by atoms with van der Waals surface area (Å²) in [5.74, 6) is 0.824. The van der Waals surface area contributed by atoms with E-state index in [2.05, 4.69) is 55.3 Å². The monoisotopic (exact) mass is 279 g/mol. The van der Waals surface area contributed by atoms with Gasteiger partial charge in [0.1, 0.15) is 0 Å². The molecule has 0 bridgehead atoms. The molecule has 20 heavy (non-hydrogen) atoms. The van der Waals surface area contributed by atoms with Crippen molar-refractivity contribution in [2.24, 2.45) is 12.0 Å². The molecule has 0 fully saturated rings. The van der Waals surface area contributed by atoms with Crippen LogP contribution >= 0.6 is 0 Å². The first-order chi connectivity index (χ1) is 9.32. The molecular weight excluding hydrogens is 250 g/mol. The lowest BCUT2D eigenvalue weighted by Crippen LogP contribution is -2.47. The maximum atomic E-state index is 4.59. The van der Waals surface area contributed by atoms with Crippen LogP contribution in [0.4, 0.5) is 0 Å². The highest BCUT2D eigenvalue weighted by atomic mass is 15.3. The summed E-state index contributed by atoms with van der Waals surface area (Å²) in [4.78, 5) is 4.27. The fraction of sp³-hybridized carbons (Fsp3) is 0.733. The molecule has 0 aromatic carbocycles. The van der Waals surface area contributed by atoms with Crippen molar-refractivity contribution in [1.82, 2.24) is 20.4 Å². The minimum atomic E-state index is -0.00203. The Labute approximate surface area is 122 Å². The number of aliphatic imine (C=N–C) groups is 1. The van der Waals surface area contributed by atoms with Gasteiger partial charge in [-0.3, -0.25) is 9.67 Å². The van der Waals surface area contributed by atoms with Crippen LogP contribution in [-0.4, -0.2) is 28.3 Å². The average molecular weight is 279 g/mol. The lowest BCUT2D eigenvalue weighted by molar-refractivity contribution is 0.501. The summed E-state index contributed by atoms with van der Waals surface area (Å²) in [6, 6.07) is 0. The standard InChI is InChI=1S/C15H29N5/c1-8-12-11(13(9-2)20(7)19-12)10-17-14(16-6)18-15(3,4)5/h8-10H2,1-7H3,(H2,16,17,18). The number of rotatable bonds is 4. The first kappa shape index (κ1) is 16.5. The van der Waals surface area contributed by atoms with E-state index in [0.29, 0.717) is 0 Å². The largest absolute Gasteiger partial charge is 0.352 e. The molecule has 0 unspecified atom stereocenters. The highest BCUT2D eigenvalue weighted by Crippen LogP contribution is 2.15. The van der Waals surface area contributed by atoms with E-state index >= 15 is 0 Å². The van der Waals surface area contributed by atoms with Crippen LogP contribution in [0.25, 0.3) is 0 Å². The van der Waals surface area contributed by atoms with Gasteiger partial charge in [-0.2, -0.15) is 5.10 Å². The van der Waals surface area contributed by atoms with E-state index in [0.717, 1.165) is 25.3 Å². The van der Waals surface area contributed by atoms with Crippen molar-refractivity contribution in [3.8, 4) is 0 Å². The third-order valence-electron chi connectivity index (χ3n) is 3.18. The van der Waals surface area contributed by atoms with Gasteiger partial charge in [0.2, 0.25) is 0 Å². The number of hydrogen-bond donors (Lipinski definition) is 2. The second kappa shape index (κ2) is 6.77. The smallest absolute Gasteiger partial charge is 0.191 e. The molecule has 1 heterocycles. The van der Waals surface area contributed by atoms with E-state index in [1.54, 1.807) is 7.05 Å². The Hall–Kier alpha value is -1.52. The summed E-state index contributed by atoms with van der Waals surface area (Å²) >= 11 is 0. The highest BCUT2D eigenvalue weighted by Gasteiger charge is 2.15. The second-order valence-corrected chi connectivity index (χ2v) is 6.00. The first-order valence-corrected chi connectivity index (χ1v) is 7.34. The highest BCUT2D eigenvalue weighted by molar-refractivity contribution is 5.80. The van der Waals surface area contributed by atoms with Crippen LogP contribution in [0, 0.1) is 0 Å². The van der Waals surface area contributed by atoms with Gasteiger partial charge >= 0.3 is 0 Å². The second-order valence-electron chi connectivity index (χ2n) is 6.00. The molecule has 5 heteroatoms. The Kier molecular flexibility index (Phi) is 5.60. The molecule has 0 saturated carbocycles. The molecule has 2 N–H and O–H groups in total. The molecule has 0 amide bonds. The molecule has 5 nitrogen and oxygen atoms in total. The van der Waals surface area contributed by atoms with Gasteiger partial charge in [0, 0.05) is 37.4 Å². The molecule has 1 aromatic rings. The molecule has 114 valence electrons. The van der Waals surface area contributed by atoms with Crippen molar-refractivity contribution in [2.45, 2.75) is 59.5 Å². The predicted molar refractivity (Wildman–Crippen MR) is 85.1 cm³/mol. The molecule has 0 spiro atoms. The van der Waals surface area contributed by atoms with Gasteiger partial charge in [-0.15, -0.1) is 0 Å². The lowest BCUT2D eigenvalue weighted by atomic mass is 10.1. The van der Waals surface area contributed by atoms with E-state index in [1.165, 1.54) is 17.0 Å². The Bertz CT molecular complexity index is 465. The van der Waals surface area contributed by atoms with Crippen LogP contribution in [0.1, 0.15) is 51.6 Å². The molecule has 0 radical (unpaired) electrons. The summed E-state index contributed by atoms with van der Waals surface area (Å²) in [5.41, 5.74) is 3.76. The van der Waals surface area contributed by atoms with Gasteiger partial charge in [0.05, 0.1) is 5.69 Å². The zero-order chi connectivity index (χ0) is 15.3. The number of hydrogen-bond acceptors (Lipinski definition) is 2. The van der Waals surface area contributed by atoms with Gasteiger partial charge in [0.15, 0.2) is 5.96 Å². The fourth-order valence-corrected chi connectivity index (χ4v) is 2.30. The molecule has 0 aliphatic carbocycles. The molecule has 0 atom stereocenters. The average Bonchev–Trinajstić information content (AvgIpc) is 2.68. The zero-order valence-electron chi connectivity index (χ0n) is 14.0. The van der Waals surface area contributed by atoms with Crippen LogP contribution in [0.3, 0.4) is 0 Å². The van der Waals surface area contributed by atoms with Crippen LogP contribution in [0.5, 0.6) is 0 Å². The maximum Gasteiger partial charge on any atom is 0.191 e. The first-order valence-electron chi connectivity index (χ1n) is 7.34. The summed E-state index contributed by atoms with van der Waals surface area (Å²) in [6.07, 6.45) is 1.95. The topological polar surface area (TPSA) is 54.2 Å². The van der Waals surface area contributed by atoms with Crippen molar-refractivity contribution in [3.63, 3.8) is 0 Å². The number of nitrogens with zero attached hydrogens (tertiary/aromatic N) is 3. The summed E-state index contributed by atoms with van der Waals surface area (Å²) in [5, 5.41) is 11.4. The molecule has 0 saturated heterocycles. The number of aromatic nitrogens is 2. The van der Waals surface area contributed by atoms with E-state index in [1.807, 2.05) is 11.7 Å². The SMILES string of the molecule is CCc1nn(C)c(CC)c1CNC(=NC)NC(C)(C)C. The predicted octanol–water partition coefficient (Wildman–Crippen LogP) is 2.01. The van der Waals surface area contributed by atoms with Crippen LogP contribution in [0.2, 0.25) is 0 Å².